The number of aromatic nitrogens is 2. The van der Waals surface area contributed by atoms with E-state index in [1.54, 1.807) is 7.11 Å². The zero-order chi connectivity index (χ0) is 12.4. The van der Waals surface area contributed by atoms with Crippen LogP contribution in [-0.4, -0.2) is 30.4 Å². The maximum Gasteiger partial charge on any atom is 0.244 e. The van der Waals surface area contributed by atoms with Gasteiger partial charge in [0.25, 0.3) is 0 Å². The van der Waals surface area contributed by atoms with E-state index in [2.05, 4.69) is 15.5 Å². The molecule has 0 radical (unpaired) electrons. The molecule has 2 aliphatic rings. The van der Waals surface area contributed by atoms with Crippen molar-refractivity contribution in [1.82, 2.24) is 15.5 Å². The van der Waals surface area contributed by atoms with E-state index in [-0.39, 0.29) is 0 Å². The first-order valence-corrected chi connectivity index (χ1v) is 6.93. The van der Waals surface area contributed by atoms with Gasteiger partial charge in [-0.2, -0.15) is 4.98 Å². The lowest BCUT2D eigenvalue weighted by Crippen LogP contribution is -2.18. The molecule has 1 aliphatic carbocycles. The Kier molecular flexibility index (Phi) is 3.61. The van der Waals surface area contributed by atoms with Gasteiger partial charge in [0.2, 0.25) is 5.89 Å². The van der Waals surface area contributed by atoms with Gasteiger partial charge in [-0.15, -0.1) is 0 Å². The van der Waals surface area contributed by atoms with Crippen LogP contribution < -0.4 is 5.32 Å². The molecule has 1 N–H and O–H groups in total. The van der Waals surface area contributed by atoms with E-state index < -0.39 is 0 Å². The second-order valence-corrected chi connectivity index (χ2v) is 5.39. The van der Waals surface area contributed by atoms with Crippen molar-refractivity contribution >= 4 is 0 Å². The zero-order valence-electron chi connectivity index (χ0n) is 10.9. The molecule has 100 valence electrons. The highest BCUT2D eigenvalue weighted by Gasteiger charge is 2.42. The van der Waals surface area contributed by atoms with Gasteiger partial charge < -0.3 is 14.6 Å². The molecule has 2 fully saturated rings. The van der Waals surface area contributed by atoms with Crippen LogP contribution in [-0.2, 0) is 11.2 Å². The van der Waals surface area contributed by atoms with Gasteiger partial charge >= 0.3 is 0 Å². The number of nitrogens with zero attached hydrogens (tertiary/aromatic N) is 2. The second kappa shape index (κ2) is 5.36. The molecule has 0 aromatic carbocycles. The van der Waals surface area contributed by atoms with Crippen molar-refractivity contribution in [2.75, 3.05) is 20.3 Å². The number of rotatable bonds is 5. The summed E-state index contributed by atoms with van der Waals surface area (Å²) in [7, 11) is 1.71. The second-order valence-electron chi connectivity index (χ2n) is 5.39. The molecule has 0 spiro atoms. The number of methoxy groups -OCH3 is 1. The number of hydrogen-bond donors (Lipinski definition) is 1. The molecule has 0 amide bonds. The number of ether oxygens (including phenoxy) is 1. The Hall–Kier alpha value is -0.940. The van der Waals surface area contributed by atoms with Crippen molar-refractivity contribution in [3.8, 4) is 0 Å². The molecule has 1 aromatic heterocycles. The van der Waals surface area contributed by atoms with Gasteiger partial charge in [-0.1, -0.05) is 11.6 Å². The van der Waals surface area contributed by atoms with Gasteiger partial charge in [0.15, 0.2) is 5.82 Å². The lowest BCUT2D eigenvalue weighted by Gasteiger charge is -2.13. The monoisotopic (exact) mass is 251 g/mol. The summed E-state index contributed by atoms with van der Waals surface area (Å²) in [4.78, 5) is 4.53. The summed E-state index contributed by atoms with van der Waals surface area (Å²) < 4.78 is 10.5. The Morgan fingerprint density at radius 3 is 3.28 bits per heavy atom. The summed E-state index contributed by atoms with van der Waals surface area (Å²) in [6.07, 6.45) is 5.77. The maximum atomic E-state index is 5.42. The summed E-state index contributed by atoms with van der Waals surface area (Å²) in [6.45, 7) is 1.85. The molecule has 3 unspecified atom stereocenters. The quantitative estimate of drug-likeness (QED) is 0.807. The Bertz CT molecular complexity index is 393. The topological polar surface area (TPSA) is 60.2 Å². The summed E-state index contributed by atoms with van der Waals surface area (Å²) in [5.74, 6) is 3.12. The first-order chi connectivity index (χ1) is 8.88. The van der Waals surface area contributed by atoms with Crippen LogP contribution in [0.1, 0.15) is 43.4 Å². The van der Waals surface area contributed by atoms with Crippen LogP contribution in [0.3, 0.4) is 0 Å². The molecule has 1 aromatic rings. The van der Waals surface area contributed by atoms with Gasteiger partial charge in [0, 0.05) is 20.1 Å². The van der Waals surface area contributed by atoms with Crippen molar-refractivity contribution in [3.05, 3.63) is 11.7 Å². The van der Waals surface area contributed by atoms with Crippen LogP contribution in [0.15, 0.2) is 4.52 Å². The minimum Gasteiger partial charge on any atom is -0.385 e. The minimum atomic E-state index is 0.293. The summed E-state index contributed by atoms with van der Waals surface area (Å²) in [5.41, 5.74) is 0. The van der Waals surface area contributed by atoms with Crippen molar-refractivity contribution in [3.63, 3.8) is 0 Å². The van der Waals surface area contributed by atoms with E-state index in [4.69, 9.17) is 9.26 Å². The highest BCUT2D eigenvalue weighted by Crippen LogP contribution is 2.43. The number of fused-ring (bicyclic) bond motifs is 1. The molecule has 2 heterocycles. The highest BCUT2D eigenvalue weighted by molar-refractivity contribution is 5.03. The third-order valence-electron chi connectivity index (χ3n) is 4.24. The lowest BCUT2D eigenvalue weighted by atomic mass is 9.94. The summed E-state index contributed by atoms with van der Waals surface area (Å²) >= 11 is 0. The zero-order valence-corrected chi connectivity index (χ0v) is 10.9. The molecular weight excluding hydrogens is 230 g/mol. The third-order valence-corrected chi connectivity index (χ3v) is 4.24. The molecule has 1 aliphatic heterocycles. The predicted octanol–water partition coefficient (Wildman–Crippen LogP) is 1.71. The van der Waals surface area contributed by atoms with Gasteiger partial charge in [0.05, 0.1) is 6.04 Å². The Morgan fingerprint density at radius 1 is 1.44 bits per heavy atom. The van der Waals surface area contributed by atoms with E-state index in [1.165, 1.54) is 19.3 Å². The fraction of sp³-hybridized carbons (Fsp3) is 0.846. The Balaban J connectivity index is 1.62. The van der Waals surface area contributed by atoms with Crippen LogP contribution in [0, 0.1) is 11.8 Å². The maximum absolute atomic E-state index is 5.42. The first kappa shape index (κ1) is 12.1. The van der Waals surface area contributed by atoms with Crippen LogP contribution in [0.4, 0.5) is 0 Å². The van der Waals surface area contributed by atoms with Gasteiger partial charge in [-0.3, -0.25) is 0 Å². The average Bonchev–Trinajstić information content (AvgIpc) is 3.03. The van der Waals surface area contributed by atoms with Gasteiger partial charge in [-0.25, -0.2) is 0 Å². The molecule has 1 saturated carbocycles. The molecule has 5 nitrogen and oxygen atoms in total. The molecule has 3 rings (SSSR count). The average molecular weight is 251 g/mol. The fourth-order valence-corrected chi connectivity index (χ4v) is 3.33. The molecule has 18 heavy (non-hydrogen) atoms. The van der Waals surface area contributed by atoms with E-state index in [0.717, 1.165) is 43.6 Å². The number of hydrogen-bond acceptors (Lipinski definition) is 5. The smallest absolute Gasteiger partial charge is 0.244 e. The van der Waals surface area contributed by atoms with Crippen LogP contribution in [0.25, 0.3) is 0 Å². The molecule has 5 heteroatoms. The summed E-state index contributed by atoms with van der Waals surface area (Å²) in [5, 5.41) is 7.60. The molecule has 0 bridgehead atoms. The molecule has 1 saturated heterocycles. The fourth-order valence-electron chi connectivity index (χ4n) is 3.33. The van der Waals surface area contributed by atoms with E-state index >= 15 is 0 Å². The minimum absolute atomic E-state index is 0.293. The van der Waals surface area contributed by atoms with Crippen molar-refractivity contribution in [2.45, 2.75) is 38.1 Å². The first-order valence-electron chi connectivity index (χ1n) is 6.93. The SMILES string of the molecule is COCCCc1noc(C2NCC3CCCC32)n1. The van der Waals surface area contributed by atoms with Crippen molar-refractivity contribution in [2.24, 2.45) is 11.8 Å². The Labute approximate surface area is 107 Å². The summed E-state index contributed by atoms with van der Waals surface area (Å²) in [6, 6.07) is 0.293. The third kappa shape index (κ3) is 2.29. The van der Waals surface area contributed by atoms with Crippen molar-refractivity contribution < 1.29 is 9.26 Å². The van der Waals surface area contributed by atoms with Crippen LogP contribution in [0.5, 0.6) is 0 Å². The molecule has 3 atom stereocenters. The molecular formula is C13H21N3O2. The predicted molar refractivity (Wildman–Crippen MR) is 66.1 cm³/mol. The van der Waals surface area contributed by atoms with Crippen LogP contribution in [0.2, 0.25) is 0 Å². The Morgan fingerprint density at radius 2 is 2.39 bits per heavy atom. The highest BCUT2D eigenvalue weighted by atomic mass is 16.5. The van der Waals surface area contributed by atoms with Crippen molar-refractivity contribution in [1.29, 1.82) is 0 Å². The van der Waals surface area contributed by atoms with E-state index in [9.17, 15) is 0 Å². The van der Waals surface area contributed by atoms with E-state index in [1.807, 2.05) is 0 Å². The largest absolute Gasteiger partial charge is 0.385 e. The standard InChI is InChI=1S/C13H21N3O2/c1-17-7-3-6-11-15-13(18-16-11)12-10-5-2-4-9(10)8-14-12/h9-10,12,14H,2-8H2,1H3. The normalized spacial score (nSPS) is 30.8. The van der Waals surface area contributed by atoms with Gasteiger partial charge in [-0.05, 0) is 37.6 Å². The van der Waals surface area contributed by atoms with Crippen LogP contribution >= 0.6 is 0 Å². The lowest BCUT2D eigenvalue weighted by molar-refractivity contribution is 0.194. The number of nitrogens with one attached hydrogen (secondary N) is 1. The van der Waals surface area contributed by atoms with E-state index in [0.29, 0.717) is 12.0 Å². The van der Waals surface area contributed by atoms with Gasteiger partial charge in [0.1, 0.15) is 0 Å². The number of aryl methyl sites for hydroxylation is 1.